The van der Waals surface area contributed by atoms with Gasteiger partial charge in [-0.1, -0.05) is 20.8 Å². The summed E-state index contributed by atoms with van der Waals surface area (Å²) >= 11 is 2.09. The van der Waals surface area contributed by atoms with E-state index >= 15 is 0 Å². The molecular formula is C16H32N2S. The number of hydrogen-bond acceptors (Lipinski definition) is 3. The molecule has 0 aromatic rings. The van der Waals surface area contributed by atoms with E-state index in [4.69, 9.17) is 0 Å². The minimum Gasteiger partial charge on any atom is -0.311 e. The molecule has 0 radical (unpaired) electrons. The van der Waals surface area contributed by atoms with E-state index in [2.05, 4.69) is 42.7 Å². The second kappa shape index (κ2) is 7.90. The Balaban J connectivity index is 1.78. The fourth-order valence-electron chi connectivity index (χ4n) is 3.34. The normalized spacial score (nSPS) is 29.1. The zero-order chi connectivity index (χ0) is 13.7. The van der Waals surface area contributed by atoms with Crippen LogP contribution in [-0.2, 0) is 0 Å². The molecular weight excluding hydrogens is 252 g/mol. The molecule has 2 unspecified atom stereocenters. The molecule has 2 atom stereocenters. The first-order valence-corrected chi connectivity index (χ1v) is 9.41. The molecule has 3 heteroatoms. The lowest BCUT2D eigenvalue weighted by Crippen LogP contribution is -2.57. The van der Waals surface area contributed by atoms with Gasteiger partial charge >= 0.3 is 0 Å². The molecule has 0 bridgehead atoms. The van der Waals surface area contributed by atoms with Gasteiger partial charge < -0.3 is 5.32 Å². The predicted molar refractivity (Wildman–Crippen MR) is 86.9 cm³/mol. The molecule has 19 heavy (non-hydrogen) atoms. The Morgan fingerprint density at radius 3 is 2.74 bits per heavy atom. The van der Waals surface area contributed by atoms with Gasteiger partial charge in [0.15, 0.2) is 0 Å². The molecule has 2 aliphatic rings. The maximum atomic E-state index is 3.81. The number of nitrogens with one attached hydrogen (secondary N) is 1. The first kappa shape index (κ1) is 15.7. The molecule has 2 fully saturated rings. The third-order valence-electron chi connectivity index (χ3n) is 4.40. The first-order valence-electron chi connectivity index (χ1n) is 8.25. The average molecular weight is 285 g/mol. The third kappa shape index (κ3) is 5.28. The number of nitrogens with zero attached hydrogens (tertiary/aromatic N) is 1. The minimum absolute atomic E-state index is 0.730. The van der Waals surface area contributed by atoms with Gasteiger partial charge in [0.1, 0.15) is 0 Å². The highest BCUT2D eigenvalue weighted by Crippen LogP contribution is 2.36. The van der Waals surface area contributed by atoms with Crippen LogP contribution in [0.25, 0.3) is 0 Å². The second-order valence-electron chi connectivity index (χ2n) is 6.68. The van der Waals surface area contributed by atoms with E-state index in [9.17, 15) is 0 Å². The summed E-state index contributed by atoms with van der Waals surface area (Å²) in [5.74, 6) is 4.43. The van der Waals surface area contributed by atoms with Gasteiger partial charge in [0.05, 0.1) is 0 Å². The Hall–Kier alpha value is 0.270. The molecule has 0 spiro atoms. The Morgan fingerprint density at radius 2 is 2.11 bits per heavy atom. The van der Waals surface area contributed by atoms with Gasteiger partial charge in [-0.05, 0) is 55.6 Å². The van der Waals surface area contributed by atoms with Gasteiger partial charge in [-0.25, -0.2) is 0 Å². The molecule has 112 valence electrons. The number of thioether (sulfide) groups is 1. The van der Waals surface area contributed by atoms with Gasteiger partial charge in [-0.2, -0.15) is 11.8 Å². The lowest BCUT2D eigenvalue weighted by molar-refractivity contribution is 0.108. The topological polar surface area (TPSA) is 15.3 Å². The molecule has 1 saturated carbocycles. The summed E-state index contributed by atoms with van der Waals surface area (Å²) in [6.45, 7) is 10.8. The lowest BCUT2D eigenvalue weighted by atomic mass is 9.98. The van der Waals surface area contributed by atoms with E-state index in [1.807, 2.05) is 0 Å². The molecule has 1 N–H and O–H groups in total. The third-order valence-corrected chi connectivity index (χ3v) is 5.39. The summed E-state index contributed by atoms with van der Waals surface area (Å²) in [4.78, 5) is 2.82. The van der Waals surface area contributed by atoms with Crippen LogP contribution in [-0.4, -0.2) is 48.1 Å². The molecule has 0 amide bonds. The Bertz CT molecular complexity index is 253. The van der Waals surface area contributed by atoms with Crippen LogP contribution in [0.2, 0.25) is 0 Å². The van der Waals surface area contributed by atoms with Crippen molar-refractivity contribution in [1.29, 1.82) is 0 Å². The smallest absolute Gasteiger partial charge is 0.0249 e. The van der Waals surface area contributed by atoms with Crippen molar-refractivity contribution in [2.75, 3.05) is 31.1 Å². The SMILES string of the molecule is CCSCCCN1CC(CC(C)C)NCC1C1CC1. The van der Waals surface area contributed by atoms with Crippen LogP contribution < -0.4 is 5.32 Å². The van der Waals surface area contributed by atoms with E-state index < -0.39 is 0 Å². The number of hydrogen-bond donors (Lipinski definition) is 1. The van der Waals surface area contributed by atoms with Crippen LogP contribution in [0.3, 0.4) is 0 Å². The van der Waals surface area contributed by atoms with Crippen LogP contribution in [0.1, 0.15) is 46.5 Å². The van der Waals surface area contributed by atoms with Crippen LogP contribution in [0, 0.1) is 11.8 Å². The summed E-state index contributed by atoms with van der Waals surface area (Å²) in [6, 6.07) is 1.57. The first-order chi connectivity index (χ1) is 9.20. The molecule has 0 aromatic heterocycles. The highest BCUT2D eigenvalue weighted by molar-refractivity contribution is 7.99. The fraction of sp³-hybridized carbons (Fsp3) is 1.00. The fourth-order valence-corrected chi connectivity index (χ4v) is 3.97. The van der Waals surface area contributed by atoms with Crippen molar-refractivity contribution in [3.8, 4) is 0 Å². The van der Waals surface area contributed by atoms with Crippen LogP contribution in [0.5, 0.6) is 0 Å². The maximum absolute atomic E-state index is 3.81. The van der Waals surface area contributed by atoms with Crippen molar-refractivity contribution in [3.63, 3.8) is 0 Å². The summed E-state index contributed by atoms with van der Waals surface area (Å²) in [5, 5.41) is 3.81. The molecule has 2 rings (SSSR count). The Labute approximate surface area is 124 Å². The average Bonchev–Trinajstić information content (AvgIpc) is 3.18. The van der Waals surface area contributed by atoms with Crippen LogP contribution in [0.4, 0.5) is 0 Å². The predicted octanol–water partition coefficient (Wildman–Crippen LogP) is 3.23. The summed E-state index contributed by atoms with van der Waals surface area (Å²) < 4.78 is 0. The van der Waals surface area contributed by atoms with Crippen LogP contribution in [0.15, 0.2) is 0 Å². The molecule has 1 saturated heterocycles. The Kier molecular flexibility index (Phi) is 6.51. The van der Waals surface area contributed by atoms with Crippen molar-refractivity contribution in [3.05, 3.63) is 0 Å². The summed E-state index contributed by atoms with van der Waals surface area (Å²) in [7, 11) is 0. The lowest BCUT2D eigenvalue weighted by Gasteiger charge is -2.41. The van der Waals surface area contributed by atoms with E-state index in [0.717, 1.165) is 23.9 Å². The molecule has 0 aromatic carbocycles. The van der Waals surface area contributed by atoms with Crippen molar-refractivity contribution >= 4 is 11.8 Å². The van der Waals surface area contributed by atoms with Gasteiger partial charge in [0.2, 0.25) is 0 Å². The quantitative estimate of drug-likeness (QED) is 0.689. The monoisotopic (exact) mass is 284 g/mol. The summed E-state index contributed by atoms with van der Waals surface area (Å²) in [6.07, 6.45) is 5.65. The van der Waals surface area contributed by atoms with E-state index in [1.165, 1.54) is 56.8 Å². The summed E-state index contributed by atoms with van der Waals surface area (Å²) in [5.41, 5.74) is 0. The standard InChI is InChI=1S/C16H32N2S/c1-4-19-9-5-8-18-12-15(10-13(2)3)17-11-16(18)14-6-7-14/h13-17H,4-12H2,1-3H3. The molecule has 1 aliphatic carbocycles. The zero-order valence-electron chi connectivity index (χ0n) is 13.0. The maximum Gasteiger partial charge on any atom is 0.0249 e. The highest BCUT2D eigenvalue weighted by Gasteiger charge is 2.38. The molecule has 1 aliphatic heterocycles. The Morgan fingerprint density at radius 1 is 1.32 bits per heavy atom. The van der Waals surface area contributed by atoms with Gasteiger partial charge in [-0.3, -0.25) is 4.90 Å². The van der Waals surface area contributed by atoms with E-state index in [0.29, 0.717) is 0 Å². The van der Waals surface area contributed by atoms with E-state index in [1.54, 1.807) is 0 Å². The van der Waals surface area contributed by atoms with Crippen molar-refractivity contribution in [2.24, 2.45) is 11.8 Å². The van der Waals surface area contributed by atoms with Crippen molar-refractivity contribution in [2.45, 2.75) is 58.5 Å². The van der Waals surface area contributed by atoms with Crippen molar-refractivity contribution in [1.82, 2.24) is 10.2 Å². The number of piperazine rings is 1. The van der Waals surface area contributed by atoms with Gasteiger partial charge in [0, 0.05) is 25.2 Å². The van der Waals surface area contributed by atoms with Crippen molar-refractivity contribution < 1.29 is 0 Å². The number of rotatable bonds is 8. The van der Waals surface area contributed by atoms with Gasteiger partial charge in [-0.15, -0.1) is 0 Å². The molecule has 2 nitrogen and oxygen atoms in total. The largest absolute Gasteiger partial charge is 0.311 e. The zero-order valence-corrected chi connectivity index (χ0v) is 13.8. The van der Waals surface area contributed by atoms with E-state index in [-0.39, 0.29) is 0 Å². The minimum atomic E-state index is 0.730. The van der Waals surface area contributed by atoms with Crippen LogP contribution >= 0.6 is 11.8 Å². The molecule has 1 heterocycles. The second-order valence-corrected chi connectivity index (χ2v) is 8.08. The highest BCUT2D eigenvalue weighted by atomic mass is 32.2. The van der Waals surface area contributed by atoms with Gasteiger partial charge in [0.25, 0.3) is 0 Å².